The monoisotopic (exact) mass is 1280 g/mol. The van der Waals surface area contributed by atoms with E-state index in [0.29, 0.717) is 12.8 Å². The zero-order valence-corrected chi connectivity index (χ0v) is 58.1. The van der Waals surface area contributed by atoms with Crippen molar-refractivity contribution < 1.29 is 88.7 Å². The Morgan fingerprint density at radius 2 is 0.651 bits per heavy atom. The molecule has 18 nitrogen and oxygen atoms in total. The molecule has 3 unspecified atom stereocenters. The molecule has 0 aliphatic carbocycles. The molecule has 0 bridgehead atoms. The first-order valence-corrected chi connectivity index (χ1v) is 32.9. The zero-order chi connectivity index (χ0) is 65.4. The number of aliphatic hydroxyl groups excluding tert-OH is 5. The Hall–Kier alpha value is -2.13. The molecule has 0 aromatic rings. The summed E-state index contributed by atoms with van der Waals surface area (Å²) in [5.74, 6) is -4.44. The number of halogens is 1. The van der Waals surface area contributed by atoms with Crippen LogP contribution >= 0.6 is 11.6 Å². The molecule has 502 valence electrons. The van der Waals surface area contributed by atoms with Gasteiger partial charge in [-0.3, -0.25) is 38.4 Å². The third kappa shape index (κ3) is 62.1. The summed E-state index contributed by atoms with van der Waals surface area (Å²) in [6.45, 7) is 15.5. The van der Waals surface area contributed by atoms with Gasteiger partial charge in [0, 0.05) is 80.8 Å². The van der Waals surface area contributed by atoms with E-state index in [1.807, 2.05) is 0 Å². The SMILES string of the molecule is C1CCOC1.CC(C)(CO)C(O)C(=O)CCCC(=O)O.CC(C)(CO)C(O)C(=O)CCCC(=O)O.CCCCCCCCCCCCCCCC(=O)Cl.CCCCCCCCCCCCCCCC(=O)OCC(C)(C)C(O)C(=O)CCCC(=O)O.[Ca+2]. The van der Waals surface area contributed by atoms with Crippen molar-refractivity contribution in [1.29, 1.82) is 0 Å². The topological polar surface area (TPSA) is 317 Å². The molecule has 1 heterocycles. The molecule has 86 heavy (non-hydrogen) atoms. The van der Waals surface area contributed by atoms with E-state index >= 15 is 0 Å². The third-order valence-corrected chi connectivity index (χ3v) is 15.0. The number of Topliss-reactive ketones (excluding diaryl/α,β-unsaturated/α-hetero) is 3. The first-order valence-electron chi connectivity index (χ1n) is 32.5. The Morgan fingerprint density at radius 1 is 0.395 bits per heavy atom. The van der Waals surface area contributed by atoms with Crippen LogP contribution in [0.1, 0.15) is 306 Å². The van der Waals surface area contributed by atoms with E-state index in [-0.39, 0.29) is 127 Å². The van der Waals surface area contributed by atoms with Gasteiger partial charge in [-0.1, -0.05) is 209 Å². The molecule has 8 N–H and O–H groups in total. The summed E-state index contributed by atoms with van der Waals surface area (Å²) in [4.78, 5) is 88.2. The number of hydrogen-bond acceptors (Lipinski definition) is 15. The molecule has 0 saturated carbocycles. The van der Waals surface area contributed by atoms with Crippen molar-refractivity contribution in [3.63, 3.8) is 0 Å². The minimum Gasteiger partial charge on any atom is -0.481 e. The zero-order valence-electron chi connectivity index (χ0n) is 55.1. The number of carboxylic acids is 3. The van der Waals surface area contributed by atoms with Crippen LogP contribution in [0.15, 0.2) is 0 Å². The van der Waals surface area contributed by atoms with E-state index in [4.69, 9.17) is 46.6 Å². The number of rotatable bonds is 50. The first kappa shape index (κ1) is 92.6. The van der Waals surface area contributed by atoms with E-state index < -0.39 is 69.8 Å². The van der Waals surface area contributed by atoms with E-state index in [0.717, 1.165) is 45.3 Å². The molecule has 1 aliphatic rings. The number of aliphatic carboxylic acids is 3. The molecular formula is C66H123CaClO18+2. The number of ether oxygens (including phenoxy) is 2. The van der Waals surface area contributed by atoms with Crippen molar-refractivity contribution in [1.82, 2.24) is 0 Å². The Labute approximate surface area is 554 Å². The maximum Gasteiger partial charge on any atom is 2.00 e. The van der Waals surface area contributed by atoms with E-state index in [1.54, 1.807) is 41.5 Å². The second-order valence-corrected chi connectivity index (χ2v) is 25.4. The maximum absolute atomic E-state index is 12.0. The number of ketones is 3. The number of carbonyl (C=O) groups excluding carboxylic acids is 5. The molecule has 1 saturated heterocycles. The van der Waals surface area contributed by atoms with Crippen LogP contribution in [0.2, 0.25) is 0 Å². The van der Waals surface area contributed by atoms with Gasteiger partial charge in [0.05, 0.1) is 19.8 Å². The number of hydrogen-bond donors (Lipinski definition) is 8. The van der Waals surface area contributed by atoms with Crippen LogP contribution in [0.25, 0.3) is 0 Å². The van der Waals surface area contributed by atoms with Gasteiger partial charge >= 0.3 is 61.6 Å². The normalized spacial score (nSPS) is 13.0. The van der Waals surface area contributed by atoms with Crippen LogP contribution in [0, 0.1) is 16.2 Å². The molecule has 3 atom stereocenters. The Kier molecular flexibility index (Phi) is 66.4. The van der Waals surface area contributed by atoms with Crippen molar-refractivity contribution in [2.45, 2.75) is 324 Å². The number of carbonyl (C=O) groups is 8. The fourth-order valence-electron chi connectivity index (χ4n) is 8.63. The molecule has 1 fully saturated rings. The van der Waals surface area contributed by atoms with Crippen molar-refractivity contribution in [3.05, 3.63) is 0 Å². The summed E-state index contributed by atoms with van der Waals surface area (Å²) in [5.41, 5.74) is -2.65. The van der Waals surface area contributed by atoms with Gasteiger partial charge in [-0.2, -0.15) is 0 Å². The van der Waals surface area contributed by atoms with Crippen LogP contribution in [-0.4, -0.2) is 176 Å². The molecule has 1 rings (SSSR count). The van der Waals surface area contributed by atoms with Crippen molar-refractivity contribution in [2.24, 2.45) is 16.2 Å². The maximum atomic E-state index is 12.0. The fourth-order valence-corrected chi connectivity index (χ4v) is 8.76. The minimum absolute atomic E-state index is 0. The Balaban J connectivity index is -0.000000346. The van der Waals surface area contributed by atoms with Gasteiger partial charge in [0.1, 0.15) is 18.3 Å². The van der Waals surface area contributed by atoms with Gasteiger partial charge in [0.15, 0.2) is 17.3 Å². The fraction of sp³-hybridized carbons (Fsp3) is 0.879. The third-order valence-electron chi connectivity index (χ3n) is 14.8. The molecule has 0 spiro atoms. The molecular weight excluding hydrogens is 1160 g/mol. The smallest absolute Gasteiger partial charge is 0.481 e. The number of unbranched alkanes of at least 4 members (excludes halogenated alkanes) is 24. The van der Waals surface area contributed by atoms with Gasteiger partial charge in [-0.15, -0.1) is 0 Å². The van der Waals surface area contributed by atoms with Crippen molar-refractivity contribution >= 4 is 95.8 Å². The largest absolute Gasteiger partial charge is 2.00 e. The van der Waals surface area contributed by atoms with Crippen LogP contribution in [-0.2, 0) is 47.8 Å². The van der Waals surface area contributed by atoms with Gasteiger partial charge in [0.25, 0.3) is 0 Å². The summed E-state index contributed by atoms with van der Waals surface area (Å²) in [7, 11) is 0. The summed E-state index contributed by atoms with van der Waals surface area (Å²) < 4.78 is 10.2. The summed E-state index contributed by atoms with van der Waals surface area (Å²) in [5, 5.41) is 72.3. The van der Waals surface area contributed by atoms with Crippen LogP contribution in [0.4, 0.5) is 0 Å². The quantitative estimate of drug-likeness (QED) is 0.0121. The van der Waals surface area contributed by atoms with Crippen LogP contribution in [0.3, 0.4) is 0 Å². The number of carboxylic acid groups (broad SMARTS) is 3. The summed E-state index contributed by atoms with van der Waals surface area (Å²) in [6, 6.07) is 0. The predicted molar refractivity (Wildman–Crippen MR) is 341 cm³/mol. The molecule has 0 aromatic heterocycles. The second kappa shape index (κ2) is 61.7. The van der Waals surface area contributed by atoms with Crippen molar-refractivity contribution in [3.8, 4) is 0 Å². The van der Waals surface area contributed by atoms with Crippen LogP contribution < -0.4 is 0 Å². The van der Waals surface area contributed by atoms with E-state index in [1.165, 1.54) is 148 Å². The van der Waals surface area contributed by atoms with Gasteiger partial charge < -0.3 is 50.3 Å². The van der Waals surface area contributed by atoms with Gasteiger partial charge in [0.2, 0.25) is 5.24 Å². The number of esters is 1. The first-order chi connectivity index (χ1) is 40.1. The molecule has 0 radical (unpaired) electrons. The van der Waals surface area contributed by atoms with Gasteiger partial charge in [-0.05, 0) is 56.5 Å². The van der Waals surface area contributed by atoms with Crippen LogP contribution in [0.5, 0.6) is 0 Å². The standard InChI is InChI=1S/C26H48O6.C16H31ClO.2C10H18O5.C4H8O.Ca/c1-4-5-6-7-8-9-10-11-12-13-14-15-16-20-24(30)32-21-26(2,3)25(31)22(27)18-17-19-23(28)29;1-2-3-4-5-6-7-8-9-10-11-12-13-14-15-16(17)18;2*1-10(2,6-11)9(15)7(12)4-3-5-8(13)14;1-2-4-5-3-1;/h25,31H,4-21H2,1-3H3,(H,28,29);2-15H2,1H3;2*9,11,15H,3-6H2,1-2H3,(H,13,14);1-4H2;/q;;;;;+2. The molecule has 0 aromatic carbocycles. The Morgan fingerprint density at radius 3 is 0.884 bits per heavy atom. The number of aliphatic hydroxyl groups is 5. The van der Waals surface area contributed by atoms with Crippen molar-refractivity contribution in [2.75, 3.05) is 33.0 Å². The average Bonchev–Trinajstić information content (AvgIpc) is 4.15. The summed E-state index contributed by atoms with van der Waals surface area (Å²) >= 11 is 5.28. The Bertz CT molecular complexity index is 1650. The molecule has 0 amide bonds. The molecule has 1 aliphatic heterocycles. The minimum atomic E-state index is -1.28. The van der Waals surface area contributed by atoms with Gasteiger partial charge in [-0.25, -0.2) is 0 Å². The average molecular weight is 1280 g/mol. The summed E-state index contributed by atoms with van der Waals surface area (Å²) in [6.07, 6.45) is 33.7. The van der Waals surface area contributed by atoms with E-state index in [2.05, 4.69) is 13.8 Å². The van der Waals surface area contributed by atoms with E-state index in [9.17, 15) is 53.7 Å². The second-order valence-electron chi connectivity index (χ2n) is 25.0. The molecule has 20 heteroatoms. The predicted octanol–water partition coefficient (Wildman–Crippen LogP) is 13.3.